The number of nitrogens with one attached hydrogen (secondary N) is 1. The fourth-order valence-corrected chi connectivity index (χ4v) is 5.98. The molecule has 2 aliphatic heterocycles. The maximum absolute atomic E-state index is 13.7. The second kappa shape index (κ2) is 16.2. The molecule has 3 aromatic rings. The molecule has 0 aromatic heterocycles. The van der Waals surface area contributed by atoms with Gasteiger partial charge in [-0.25, -0.2) is 0 Å². The summed E-state index contributed by atoms with van der Waals surface area (Å²) in [5, 5.41) is 13.1. The van der Waals surface area contributed by atoms with Crippen LogP contribution in [0.5, 0.6) is 0 Å². The molecule has 0 bridgehead atoms. The summed E-state index contributed by atoms with van der Waals surface area (Å²) in [6, 6.07) is 26.6. The number of carbonyl (C=O) groups excluding carboxylic acids is 3. The Labute approximate surface area is 265 Å². The molecule has 0 saturated carbocycles. The van der Waals surface area contributed by atoms with Gasteiger partial charge in [-0.1, -0.05) is 97.1 Å². The Bertz CT molecular complexity index is 1440. The molecule has 0 unspecified atom stereocenters. The number of nitrogens with zero attached hydrogens (tertiary/aromatic N) is 1. The lowest BCUT2D eigenvalue weighted by atomic mass is 9.92. The fraction of sp³-hybridized carbons (Fsp3) is 0.378. The van der Waals surface area contributed by atoms with Gasteiger partial charge in [0, 0.05) is 13.0 Å². The molecule has 236 valence electrons. The summed E-state index contributed by atoms with van der Waals surface area (Å²) in [7, 11) is 0. The number of amides is 2. The van der Waals surface area contributed by atoms with Gasteiger partial charge >= 0.3 is 5.97 Å². The minimum atomic E-state index is -0.635. The number of aliphatic hydroxyl groups is 1. The van der Waals surface area contributed by atoms with Crippen molar-refractivity contribution in [1.82, 2.24) is 10.2 Å². The maximum atomic E-state index is 13.7. The van der Waals surface area contributed by atoms with Crippen LogP contribution >= 0.6 is 0 Å². The van der Waals surface area contributed by atoms with Crippen molar-refractivity contribution in [2.24, 2.45) is 11.8 Å². The molecular formula is C37H42N2O6. The maximum Gasteiger partial charge on any atom is 0.309 e. The van der Waals surface area contributed by atoms with Gasteiger partial charge in [-0.15, -0.1) is 0 Å². The van der Waals surface area contributed by atoms with Crippen LogP contribution in [0.15, 0.2) is 97.1 Å². The van der Waals surface area contributed by atoms with E-state index in [1.807, 2.05) is 97.1 Å². The number of allylic oxidation sites excluding steroid dienone is 2. The molecule has 0 fully saturated rings. The quantitative estimate of drug-likeness (QED) is 0.275. The number of fused-ring (bicyclic) bond motifs is 1. The average Bonchev–Trinajstić information content (AvgIpc) is 3.07. The zero-order valence-electron chi connectivity index (χ0n) is 25.6. The standard InChI is InChI=1S/C37H42N2O6/c40-23-34-20-29-15-7-10-18-32(29)22-39(34)35(41)21-30-16-8-9-17-31(19-27-11-3-1-4-12-27)37(43)45-26-33(38-36(30)42)25-44-24-28-13-5-2-6-14-28/h1-15,18,30-31,33-34,40H,16-17,19-26H2,(H,38,42)/t30-,31+,33+,34+/m1/s1. The van der Waals surface area contributed by atoms with Crippen molar-refractivity contribution < 1.29 is 29.0 Å². The third-order valence-electron chi connectivity index (χ3n) is 8.55. The Balaban J connectivity index is 1.31. The molecule has 4 atom stereocenters. The molecule has 0 radical (unpaired) electrons. The second-order valence-corrected chi connectivity index (χ2v) is 11.9. The zero-order valence-corrected chi connectivity index (χ0v) is 25.6. The number of carbonyl (C=O) groups is 3. The third-order valence-corrected chi connectivity index (χ3v) is 8.55. The van der Waals surface area contributed by atoms with Gasteiger partial charge in [-0.3, -0.25) is 14.4 Å². The first kappa shape index (κ1) is 32.1. The molecule has 2 heterocycles. The van der Waals surface area contributed by atoms with Crippen molar-refractivity contribution in [3.05, 3.63) is 119 Å². The topological polar surface area (TPSA) is 105 Å². The van der Waals surface area contributed by atoms with Crippen molar-refractivity contribution in [3.63, 3.8) is 0 Å². The third kappa shape index (κ3) is 9.12. The minimum Gasteiger partial charge on any atom is -0.463 e. The summed E-state index contributed by atoms with van der Waals surface area (Å²) in [5.41, 5.74) is 4.22. The Morgan fingerprint density at radius 1 is 0.867 bits per heavy atom. The highest BCUT2D eigenvalue weighted by Crippen LogP contribution is 2.26. The molecular weight excluding hydrogens is 568 g/mol. The summed E-state index contributed by atoms with van der Waals surface area (Å²) in [6.45, 7) is 0.707. The molecule has 2 aliphatic rings. The summed E-state index contributed by atoms with van der Waals surface area (Å²) in [5.74, 6) is -1.81. The van der Waals surface area contributed by atoms with Crippen molar-refractivity contribution in [3.8, 4) is 0 Å². The van der Waals surface area contributed by atoms with Gasteiger partial charge in [0.15, 0.2) is 0 Å². The van der Waals surface area contributed by atoms with Crippen molar-refractivity contribution in [2.45, 2.75) is 57.3 Å². The number of hydrogen-bond acceptors (Lipinski definition) is 6. The number of esters is 1. The summed E-state index contributed by atoms with van der Waals surface area (Å²) in [4.78, 5) is 42.3. The van der Waals surface area contributed by atoms with E-state index < -0.39 is 12.0 Å². The van der Waals surface area contributed by atoms with Crippen LogP contribution < -0.4 is 5.32 Å². The van der Waals surface area contributed by atoms with E-state index in [1.54, 1.807) is 4.90 Å². The van der Waals surface area contributed by atoms with Gasteiger partial charge in [-0.05, 0) is 47.9 Å². The molecule has 0 aliphatic carbocycles. The summed E-state index contributed by atoms with van der Waals surface area (Å²) in [6.07, 6.45) is 5.71. The number of hydrogen-bond donors (Lipinski definition) is 2. The van der Waals surface area contributed by atoms with Crippen molar-refractivity contribution in [1.29, 1.82) is 0 Å². The van der Waals surface area contributed by atoms with Crippen molar-refractivity contribution >= 4 is 17.8 Å². The Hall–Kier alpha value is -4.27. The Morgan fingerprint density at radius 3 is 2.22 bits per heavy atom. The van der Waals surface area contributed by atoms with E-state index in [-0.39, 0.29) is 56.0 Å². The second-order valence-electron chi connectivity index (χ2n) is 11.9. The average molecular weight is 611 g/mol. The first-order chi connectivity index (χ1) is 22.0. The number of aliphatic hydroxyl groups excluding tert-OH is 1. The van der Waals surface area contributed by atoms with Crippen LogP contribution in [0, 0.1) is 11.8 Å². The van der Waals surface area contributed by atoms with Crippen LogP contribution in [0.4, 0.5) is 0 Å². The van der Waals surface area contributed by atoms with Crippen LogP contribution in [0.25, 0.3) is 0 Å². The van der Waals surface area contributed by atoms with Crippen LogP contribution in [-0.2, 0) is 49.9 Å². The van der Waals surface area contributed by atoms with E-state index in [1.165, 1.54) is 0 Å². The van der Waals surface area contributed by atoms with E-state index >= 15 is 0 Å². The molecule has 5 rings (SSSR count). The number of cyclic esters (lactones) is 1. The zero-order chi connectivity index (χ0) is 31.4. The predicted octanol–water partition coefficient (Wildman–Crippen LogP) is 4.39. The molecule has 8 nitrogen and oxygen atoms in total. The van der Waals surface area contributed by atoms with Gasteiger partial charge < -0.3 is 24.8 Å². The number of ether oxygens (including phenoxy) is 2. The molecule has 8 heteroatoms. The van der Waals surface area contributed by atoms with Gasteiger partial charge in [0.1, 0.15) is 6.61 Å². The summed E-state index contributed by atoms with van der Waals surface area (Å²) < 4.78 is 11.7. The minimum absolute atomic E-state index is 0.000333. The highest BCUT2D eigenvalue weighted by atomic mass is 16.5. The molecule has 0 spiro atoms. The molecule has 2 amide bonds. The lowest BCUT2D eigenvalue weighted by Gasteiger charge is -2.36. The normalized spacial score (nSPS) is 22.4. The van der Waals surface area contributed by atoms with E-state index in [4.69, 9.17) is 9.47 Å². The first-order valence-electron chi connectivity index (χ1n) is 15.7. The lowest BCUT2D eigenvalue weighted by Crippen LogP contribution is -2.49. The molecule has 2 N–H and O–H groups in total. The monoisotopic (exact) mass is 610 g/mol. The number of rotatable bonds is 9. The number of benzene rings is 3. The van der Waals surface area contributed by atoms with Crippen LogP contribution in [-0.4, -0.2) is 59.7 Å². The Kier molecular flexibility index (Phi) is 11.5. The largest absolute Gasteiger partial charge is 0.463 e. The Morgan fingerprint density at radius 2 is 1.51 bits per heavy atom. The van der Waals surface area contributed by atoms with Gasteiger partial charge in [0.2, 0.25) is 11.8 Å². The fourth-order valence-electron chi connectivity index (χ4n) is 5.98. The molecule has 0 saturated heterocycles. The lowest BCUT2D eigenvalue weighted by molar-refractivity contribution is -0.150. The van der Waals surface area contributed by atoms with Crippen molar-refractivity contribution in [2.75, 3.05) is 19.8 Å². The van der Waals surface area contributed by atoms with Gasteiger partial charge in [-0.2, -0.15) is 0 Å². The summed E-state index contributed by atoms with van der Waals surface area (Å²) >= 11 is 0. The van der Waals surface area contributed by atoms with Crippen LogP contribution in [0.3, 0.4) is 0 Å². The smallest absolute Gasteiger partial charge is 0.309 e. The first-order valence-corrected chi connectivity index (χ1v) is 15.7. The van der Waals surface area contributed by atoms with Crippen LogP contribution in [0.1, 0.15) is 41.5 Å². The van der Waals surface area contributed by atoms with E-state index in [2.05, 4.69) is 5.32 Å². The van der Waals surface area contributed by atoms with Crippen LogP contribution in [0.2, 0.25) is 0 Å². The highest BCUT2D eigenvalue weighted by Gasteiger charge is 2.33. The van der Waals surface area contributed by atoms with Gasteiger partial charge in [0.25, 0.3) is 0 Å². The predicted molar refractivity (Wildman–Crippen MR) is 171 cm³/mol. The molecule has 3 aromatic carbocycles. The van der Waals surface area contributed by atoms with E-state index in [0.29, 0.717) is 38.8 Å². The SMILES string of the molecule is O=C1N[C@@H](COCc2ccccc2)COC(=O)[C@H](Cc2ccccc2)CC=CC[C@@H]1CC(=O)N1Cc2ccccc2C[C@H]1CO. The highest BCUT2D eigenvalue weighted by molar-refractivity contribution is 5.86. The van der Waals surface area contributed by atoms with E-state index in [0.717, 1.165) is 22.3 Å². The van der Waals surface area contributed by atoms with Gasteiger partial charge in [0.05, 0.1) is 43.7 Å². The molecule has 45 heavy (non-hydrogen) atoms. The van der Waals surface area contributed by atoms with E-state index in [9.17, 15) is 19.5 Å².